The van der Waals surface area contributed by atoms with Crippen LogP contribution < -0.4 is 0 Å². The van der Waals surface area contributed by atoms with Crippen LogP contribution in [0.2, 0.25) is 0 Å². The average molecular weight is 409 g/mol. The molecule has 0 aliphatic carbocycles. The number of hydrogen-bond donors (Lipinski definition) is 1. The van der Waals surface area contributed by atoms with Crippen LogP contribution in [-0.4, -0.2) is 45.2 Å². The van der Waals surface area contributed by atoms with E-state index in [0.29, 0.717) is 23.8 Å². The third kappa shape index (κ3) is 3.30. The van der Waals surface area contributed by atoms with Crippen LogP contribution in [-0.2, 0) is 10.2 Å². The molecule has 1 fully saturated rings. The van der Waals surface area contributed by atoms with Gasteiger partial charge in [0.2, 0.25) is 0 Å². The summed E-state index contributed by atoms with van der Waals surface area (Å²) in [6, 6.07) is 6.45. The lowest BCUT2D eigenvalue weighted by atomic mass is 9.87. The molecule has 1 N–H and O–H groups in total. The van der Waals surface area contributed by atoms with E-state index < -0.39 is 6.23 Å². The number of nitrogens with zero attached hydrogens (tertiary/aromatic N) is 2. The van der Waals surface area contributed by atoms with E-state index in [2.05, 4.69) is 39.0 Å². The highest BCUT2D eigenvalue weighted by Gasteiger charge is 2.41. The predicted molar refractivity (Wildman–Crippen MR) is 112 cm³/mol. The van der Waals surface area contributed by atoms with Crippen LogP contribution in [0, 0.1) is 0 Å². The maximum atomic E-state index is 13.0. The van der Waals surface area contributed by atoms with Crippen molar-refractivity contribution in [2.75, 3.05) is 13.1 Å². The maximum absolute atomic E-state index is 13.0. The number of fused-ring (bicyclic) bond motifs is 1. The minimum Gasteiger partial charge on any atom is -0.369 e. The Labute approximate surface area is 169 Å². The number of hydrogen-bond acceptors (Lipinski definition) is 5. The van der Waals surface area contributed by atoms with Gasteiger partial charge < -0.3 is 10.0 Å². The summed E-state index contributed by atoms with van der Waals surface area (Å²) in [5.41, 5.74) is 1.77. The molecule has 1 amide bonds. The first kappa shape index (κ1) is 19.7. The van der Waals surface area contributed by atoms with Gasteiger partial charge in [-0.2, -0.15) is 0 Å². The van der Waals surface area contributed by atoms with Crippen LogP contribution in [0.1, 0.15) is 40.2 Å². The number of thioether (sulfide) groups is 2. The van der Waals surface area contributed by atoms with Gasteiger partial charge in [0.1, 0.15) is 0 Å². The molecule has 0 saturated carbocycles. The van der Waals surface area contributed by atoms with Crippen molar-refractivity contribution in [2.24, 2.45) is 0 Å². The van der Waals surface area contributed by atoms with Crippen molar-refractivity contribution in [3.8, 4) is 0 Å². The Morgan fingerprint density at radius 2 is 1.81 bits per heavy atom. The third-order valence-corrected chi connectivity index (χ3v) is 7.63. The van der Waals surface area contributed by atoms with Crippen molar-refractivity contribution in [2.45, 2.75) is 56.1 Å². The molecule has 3 rings (SSSR count). The Hall–Kier alpha value is -1.02. The summed E-state index contributed by atoms with van der Waals surface area (Å²) in [4.78, 5) is 18.5. The molecule has 7 heteroatoms. The smallest absolute Gasteiger partial charge is 0.262 e. The Balaban J connectivity index is 2.02. The molecule has 0 bridgehead atoms. The Bertz CT molecular complexity index is 798. The van der Waals surface area contributed by atoms with Crippen molar-refractivity contribution < 1.29 is 9.90 Å². The summed E-state index contributed by atoms with van der Waals surface area (Å²) in [6.07, 6.45) is -0.991. The topological polar surface area (TPSA) is 43.8 Å². The lowest BCUT2D eigenvalue weighted by Gasteiger charge is -2.41. The number of aliphatic hydroxyl groups excluding tert-OH is 1. The highest BCUT2D eigenvalue weighted by molar-refractivity contribution is 8.24. The van der Waals surface area contributed by atoms with E-state index in [0.717, 1.165) is 14.0 Å². The molecule has 2 aliphatic heterocycles. The fraction of sp³-hybridized carbons (Fsp3) is 0.474. The average Bonchev–Trinajstić information content (AvgIpc) is 2.97. The zero-order valence-electron chi connectivity index (χ0n) is 15.7. The first-order valence-electron chi connectivity index (χ1n) is 8.74. The van der Waals surface area contributed by atoms with Gasteiger partial charge in [-0.15, -0.1) is 0 Å². The van der Waals surface area contributed by atoms with E-state index in [9.17, 15) is 9.90 Å². The highest BCUT2D eigenvalue weighted by atomic mass is 32.2. The number of amides is 1. The molecular weight excluding hydrogens is 384 g/mol. The van der Waals surface area contributed by atoms with Crippen LogP contribution in [0.3, 0.4) is 0 Å². The molecule has 0 spiro atoms. The second kappa shape index (κ2) is 7.19. The molecule has 1 aromatic carbocycles. The van der Waals surface area contributed by atoms with Gasteiger partial charge in [-0.1, -0.05) is 50.4 Å². The monoisotopic (exact) mass is 408 g/mol. The molecular formula is C19H24N2O2S3. The van der Waals surface area contributed by atoms with E-state index >= 15 is 0 Å². The van der Waals surface area contributed by atoms with Gasteiger partial charge in [0.15, 0.2) is 11.3 Å². The first-order chi connectivity index (χ1) is 12.2. The Kier molecular flexibility index (Phi) is 5.45. The summed E-state index contributed by atoms with van der Waals surface area (Å²) < 4.78 is 0.850. The van der Waals surface area contributed by atoms with E-state index in [1.54, 1.807) is 33.3 Å². The predicted octanol–water partition coefficient (Wildman–Crippen LogP) is 4.18. The number of thiocarbonyl (C=S) groups is 1. The van der Waals surface area contributed by atoms with Crippen LogP contribution in [0.5, 0.6) is 0 Å². The number of likely N-dealkylation sites (N-methyl/N-ethyl adjacent to an activating group) is 2. The quantitative estimate of drug-likeness (QED) is 0.585. The van der Waals surface area contributed by atoms with Gasteiger partial charge in [-0.05, 0) is 49.2 Å². The van der Waals surface area contributed by atoms with Gasteiger partial charge in [-0.25, -0.2) is 0 Å². The molecule has 1 aromatic rings. The van der Waals surface area contributed by atoms with Crippen molar-refractivity contribution in [3.05, 3.63) is 33.6 Å². The minimum absolute atomic E-state index is 0.0700. The summed E-state index contributed by atoms with van der Waals surface area (Å²) in [7, 11) is 0. The van der Waals surface area contributed by atoms with Crippen molar-refractivity contribution in [3.63, 3.8) is 0 Å². The molecule has 1 saturated heterocycles. The van der Waals surface area contributed by atoms with Crippen molar-refractivity contribution in [1.82, 2.24) is 9.80 Å². The van der Waals surface area contributed by atoms with Crippen LogP contribution in [0.4, 0.5) is 0 Å². The van der Waals surface area contributed by atoms with Gasteiger partial charge in [0.05, 0.1) is 9.81 Å². The normalized spacial score (nSPS) is 23.7. The summed E-state index contributed by atoms with van der Waals surface area (Å²) in [5.74, 6) is -0.187. The summed E-state index contributed by atoms with van der Waals surface area (Å²) >= 11 is 8.52. The standard InChI is InChI=1S/C19H24N2O2S3/c1-6-20-15(22)14(16(23)21(7-2)18(20)24)17-25-12-9-8-11(19(3,4)5)10-13(12)26-17/h8-10,15,22H,6-7H2,1-5H3/b17-14-. The van der Waals surface area contributed by atoms with Gasteiger partial charge >= 0.3 is 0 Å². The second-order valence-corrected chi connectivity index (χ2v) is 10.0. The van der Waals surface area contributed by atoms with E-state index in [-0.39, 0.29) is 11.3 Å². The fourth-order valence-electron chi connectivity index (χ4n) is 3.01. The second-order valence-electron chi connectivity index (χ2n) is 7.31. The van der Waals surface area contributed by atoms with E-state index in [4.69, 9.17) is 12.2 Å². The lowest BCUT2D eigenvalue weighted by Crippen LogP contribution is -2.58. The number of carbonyl (C=O) groups excluding carboxylic acids is 1. The molecule has 2 heterocycles. The molecule has 0 radical (unpaired) electrons. The van der Waals surface area contributed by atoms with Gasteiger partial charge in [0, 0.05) is 22.9 Å². The lowest BCUT2D eigenvalue weighted by molar-refractivity contribution is -0.128. The summed E-state index contributed by atoms with van der Waals surface area (Å²) in [6.45, 7) is 11.4. The Morgan fingerprint density at radius 3 is 2.38 bits per heavy atom. The number of aliphatic hydroxyl groups is 1. The molecule has 0 aromatic heterocycles. The van der Waals surface area contributed by atoms with Gasteiger partial charge in [0.25, 0.3) is 5.91 Å². The molecule has 2 aliphatic rings. The SMILES string of the molecule is CCN1C(=O)/C(=C2/Sc3ccc(C(C)(C)C)cc3S2)C(O)N(CC)C1=S. The zero-order valence-corrected chi connectivity index (χ0v) is 18.1. The molecule has 26 heavy (non-hydrogen) atoms. The fourth-order valence-corrected chi connectivity index (χ4v) is 6.06. The van der Waals surface area contributed by atoms with E-state index in [1.165, 1.54) is 5.56 Å². The molecule has 140 valence electrons. The summed E-state index contributed by atoms with van der Waals surface area (Å²) in [5, 5.41) is 11.2. The van der Waals surface area contributed by atoms with Crippen LogP contribution in [0.15, 0.2) is 37.8 Å². The number of rotatable bonds is 2. The third-order valence-electron chi connectivity index (χ3n) is 4.60. The molecule has 4 nitrogen and oxygen atoms in total. The van der Waals surface area contributed by atoms with Crippen molar-refractivity contribution in [1.29, 1.82) is 0 Å². The van der Waals surface area contributed by atoms with E-state index in [1.807, 2.05) is 13.8 Å². The molecule has 1 unspecified atom stereocenters. The van der Waals surface area contributed by atoms with Crippen LogP contribution >= 0.6 is 35.7 Å². The largest absolute Gasteiger partial charge is 0.369 e. The minimum atomic E-state index is -0.991. The highest BCUT2D eigenvalue weighted by Crippen LogP contribution is 2.54. The molecule has 1 atom stereocenters. The number of benzene rings is 1. The van der Waals surface area contributed by atoms with Crippen LogP contribution in [0.25, 0.3) is 0 Å². The zero-order chi connectivity index (χ0) is 19.2. The number of carbonyl (C=O) groups is 1. The van der Waals surface area contributed by atoms with Crippen molar-refractivity contribution >= 4 is 46.8 Å². The van der Waals surface area contributed by atoms with Gasteiger partial charge in [-0.3, -0.25) is 9.69 Å². The first-order valence-corrected chi connectivity index (χ1v) is 10.8. The Morgan fingerprint density at radius 1 is 1.15 bits per heavy atom. The maximum Gasteiger partial charge on any atom is 0.262 e.